The fraction of sp³-hybridized carbons (Fsp3) is 1.00. The normalized spacial score (nSPS) is 36.6. The smallest absolute Gasteiger partial charge is 0.0473 e. The molecular formula is C16H32N2S. The second kappa shape index (κ2) is 5.23. The Balaban J connectivity index is 2.19. The minimum absolute atomic E-state index is 0.218. The average molecular weight is 285 g/mol. The van der Waals surface area contributed by atoms with Crippen LogP contribution in [0.2, 0.25) is 0 Å². The van der Waals surface area contributed by atoms with Crippen molar-refractivity contribution in [2.24, 2.45) is 22.5 Å². The summed E-state index contributed by atoms with van der Waals surface area (Å²) in [5.41, 5.74) is 7.29. The molecule has 19 heavy (non-hydrogen) atoms. The van der Waals surface area contributed by atoms with Gasteiger partial charge in [-0.2, -0.15) is 11.8 Å². The first-order valence-corrected chi connectivity index (χ1v) is 8.91. The van der Waals surface area contributed by atoms with Crippen LogP contribution in [0.4, 0.5) is 0 Å². The lowest BCUT2D eigenvalue weighted by atomic mass is 9.69. The van der Waals surface area contributed by atoms with Crippen LogP contribution in [-0.4, -0.2) is 41.6 Å². The van der Waals surface area contributed by atoms with E-state index in [0.717, 1.165) is 12.5 Å². The van der Waals surface area contributed by atoms with Gasteiger partial charge in [-0.25, -0.2) is 0 Å². The van der Waals surface area contributed by atoms with Crippen molar-refractivity contribution in [1.82, 2.24) is 4.90 Å². The summed E-state index contributed by atoms with van der Waals surface area (Å²) >= 11 is 2.10. The second-order valence-corrected chi connectivity index (χ2v) is 9.32. The molecule has 2 unspecified atom stereocenters. The maximum atomic E-state index is 6.29. The van der Waals surface area contributed by atoms with Gasteiger partial charge in [0.05, 0.1) is 0 Å². The molecule has 2 aliphatic heterocycles. The molecule has 2 N–H and O–H groups in total. The molecule has 0 amide bonds. The number of likely N-dealkylation sites (tertiary alicyclic amines) is 1. The maximum absolute atomic E-state index is 6.29. The van der Waals surface area contributed by atoms with Crippen molar-refractivity contribution in [2.45, 2.75) is 53.0 Å². The van der Waals surface area contributed by atoms with E-state index in [9.17, 15) is 0 Å². The molecule has 2 fully saturated rings. The summed E-state index contributed by atoms with van der Waals surface area (Å²) in [4.78, 5) is 2.75. The Kier molecular flexibility index (Phi) is 4.31. The summed E-state index contributed by atoms with van der Waals surface area (Å²) in [6, 6.07) is 0. The minimum atomic E-state index is 0.218. The second-order valence-electron chi connectivity index (χ2n) is 8.22. The van der Waals surface area contributed by atoms with Gasteiger partial charge in [-0.3, -0.25) is 4.90 Å². The lowest BCUT2D eigenvalue weighted by Crippen LogP contribution is -2.65. The summed E-state index contributed by atoms with van der Waals surface area (Å²) < 4.78 is 0. The van der Waals surface area contributed by atoms with Crippen LogP contribution in [0.15, 0.2) is 0 Å². The van der Waals surface area contributed by atoms with Crippen molar-refractivity contribution < 1.29 is 0 Å². The van der Waals surface area contributed by atoms with Gasteiger partial charge in [0.25, 0.3) is 0 Å². The molecule has 0 spiro atoms. The summed E-state index contributed by atoms with van der Waals surface area (Å²) in [7, 11) is 0. The highest BCUT2D eigenvalue weighted by molar-refractivity contribution is 7.99. The molecule has 0 radical (unpaired) electrons. The summed E-state index contributed by atoms with van der Waals surface area (Å²) in [5.74, 6) is 3.33. The van der Waals surface area contributed by atoms with Gasteiger partial charge in [-0.1, -0.05) is 34.6 Å². The van der Waals surface area contributed by atoms with E-state index in [1.807, 2.05) is 0 Å². The fourth-order valence-electron chi connectivity index (χ4n) is 3.84. The molecule has 2 atom stereocenters. The summed E-state index contributed by atoms with van der Waals surface area (Å²) in [6.07, 6.45) is 2.64. The molecule has 2 saturated heterocycles. The van der Waals surface area contributed by atoms with Gasteiger partial charge < -0.3 is 5.73 Å². The third-order valence-electron chi connectivity index (χ3n) is 5.83. The monoisotopic (exact) mass is 284 g/mol. The molecule has 0 aromatic rings. The number of hydrogen-bond acceptors (Lipinski definition) is 3. The number of hydrogen-bond donors (Lipinski definition) is 1. The van der Waals surface area contributed by atoms with Crippen LogP contribution in [0, 0.1) is 16.7 Å². The Morgan fingerprint density at radius 2 is 2.00 bits per heavy atom. The van der Waals surface area contributed by atoms with Crippen molar-refractivity contribution >= 4 is 11.8 Å². The van der Waals surface area contributed by atoms with E-state index in [-0.39, 0.29) is 5.54 Å². The first-order valence-electron chi connectivity index (χ1n) is 7.76. The maximum Gasteiger partial charge on any atom is 0.0473 e. The predicted molar refractivity (Wildman–Crippen MR) is 86.6 cm³/mol. The highest BCUT2D eigenvalue weighted by atomic mass is 32.2. The number of thioether (sulfide) groups is 1. The SMILES string of the molecule is CC(C)(C)C1CCN(C2(CN)CSCCC2(C)C)C1. The molecule has 0 aromatic heterocycles. The van der Waals surface area contributed by atoms with E-state index in [4.69, 9.17) is 5.73 Å². The van der Waals surface area contributed by atoms with E-state index < -0.39 is 0 Å². The lowest BCUT2D eigenvalue weighted by molar-refractivity contribution is 0.0120. The average Bonchev–Trinajstić information content (AvgIpc) is 2.78. The summed E-state index contributed by atoms with van der Waals surface area (Å²) in [5, 5.41) is 0. The van der Waals surface area contributed by atoms with Gasteiger partial charge in [-0.15, -0.1) is 0 Å². The van der Waals surface area contributed by atoms with E-state index in [1.54, 1.807) is 0 Å². The Labute approximate surface area is 123 Å². The topological polar surface area (TPSA) is 29.3 Å². The van der Waals surface area contributed by atoms with Gasteiger partial charge in [0.1, 0.15) is 0 Å². The van der Waals surface area contributed by atoms with Crippen LogP contribution in [0.5, 0.6) is 0 Å². The van der Waals surface area contributed by atoms with Gasteiger partial charge in [0.15, 0.2) is 0 Å². The van der Waals surface area contributed by atoms with Crippen LogP contribution < -0.4 is 5.73 Å². The third-order valence-corrected chi connectivity index (χ3v) is 7.00. The van der Waals surface area contributed by atoms with Crippen LogP contribution >= 0.6 is 11.8 Å². The van der Waals surface area contributed by atoms with E-state index in [1.165, 1.54) is 37.4 Å². The van der Waals surface area contributed by atoms with Crippen LogP contribution in [0.25, 0.3) is 0 Å². The molecule has 0 aromatic carbocycles. The molecule has 0 saturated carbocycles. The predicted octanol–water partition coefficient (Wildman–Crippen LogP) is 3.22. The first-order chi connectivity index (χ1) is 8.73. The van der Waals surface area contributed by atoms with Crippen molar-refractivity contribution in [3.05, 3.63) is 0 Å². The Hall–Kier alpha value is 0.270. The van der Waals surface area contributed by atoms with E-state index in [0.29, 0.717) is 10.8 Å². The number of nitrogens with zero attached hydrogens (tertiary/aromatic N) is 1. The van der Waals surface area contributed by atoms with Gasteiger partial charge in [0, 0.05) is 24.4 Å². The van der Waals surface area contributed by atoms with Crippen molar-refractivity contribution in [1.29, 1.82) is 0 Å². The molecular weight excluding hydrogens is 252 g/mol. The zero-order valence-corrected chi connectivity index (χ0v) is 14.3. The number of rotatable bonds is 2. The molecule has 2 rings (SSSR count). The third kappa shape index (κ3) is 2.71. The minimum Gasteiger partial charge on any atom is -0.329 e. The zero-order valence-electron chi connectivity index (χ0n) is 13.5. The van der Waals surface area contributed by atoms with E-state index >= 15 is 0 Å². The van der Waals surface area contributed by atoms with Crippen LogP contribution in [0.3, 0.4) is 0 Å². The highest BCUT2D eigenvalue weighted by Gasteiger charge is 2.52. The van der Waals surface area contributed by atoms with Crippen molar-refractivity contribution in [2.75, 3.05) is 31.1 Å². The fourth-order valence-corrected chi connectivity index (χ4v) is 5.66. The Bertz CT molecular complexity index is 321. The van der Waals surface area contributed by atoms with Crippen LogP contribution in [0.1, 0.15) is 47.5 Å². The number of nitrogens with two attached hydrogens (primary N) is 1. The van der Waals surface area contributed by atoms with E-state index in [2.05, 4.69) is 51.3 Å². The van der Waals surface area contributed by atoms with Crippen molar-refractivity contribution in [3.63, 3.8) is 0 Å². The van der Waals surface area contributed by atoms with Gasteiger partial charge in [0.2, 0.25) is 0 Å². The Morgan fingerprint density at radius 3 is 2.47 bits per heavy atom. The quantitative estimate of drug-likeness (QED) is 0.844. The molecule has 2 nitrogen and oxygen atoms in total. The summed E-state index contributed by atoms with van der Waals surface area (Å²) in [6.45, 7) is 15.3. The highest BCUT2D eigenvalue weighted by Crippen LogP contribution is 2.48. The van der Waals surface area contributed by atoms with Gasteiger partial charge >= 0.3 is 0 Å². The molecule has 3 heteroatoms. The largest absolute Gasteiger partial charge is 0.329 e. The van der Waals surface area contributed by atoms with Gasteiger partial charge in [-0.05, 0) is 41.9 Å². The molecule has 112 valence electrons. The van der Waals surface area contributed by atoms with Crippen LogP contribution in [-0.2, 0) is 0 Å². The zero-order chi connectivity index (χ0) is 14.3. The lowest BCUT2D eigenvalue weighted by Gasteiger charge is -2.55. The van der Waals surface area contributed by atoms with Crippen molar-refractivity contribution in [3.8, 4) is 0 Å². The standard InChI is InChI=1S/C16H32N2S/c1-14(2,3)13-6-8-18(10-13)16(11-17)12-19-9-7-15(16,4)5/h13H,6-12,17H2,1-5H3. The molecule has 2 heterocycles. The Morgan fingerprint density at radius 1 is 1.32 bits per heavy atom. The molecule has 0 bridgehead atoms. The molecule has 2 aliphatic rings. The first kappa shape index (κ1) is 15.7. The molecule has 0 aliphatic carbocycles.